The molecule has 0 radical (unpaired) electrons. The lowest BCUT2D eigenvalue weighted by atomic mass is 9.92. The van der Waals surface area contributed by atoms with Crippen LogP contribution in [0, 0.1) is 0 Å². The normalized spacial score (nSPS) is 20.5. The van der Waals surface area contributed by atoms with Crippen LogP contribution in [0.4, 0.5) is 5.13 Å². The van der Waals surface area contributed by atoms with Crippen LogP contribution in [-0.2, 0) is 37.0 Å². The van der Waals surface area contributed by atoms with Gasteiger partial charge in [0.1, 0.15) is 49.3 Å². The molecule has 276 valence electrons. The van der Waals surface area contributed by atoms with E-state index in [1.807, 2.05) is 45.0 Å². The number of anilines is 1. The minimum atomic E-state index is -0.875. The van der Waals surface area contributed by atoms with Crippen molar-refractivity contribution >= 4 is 72.8 Å². The number of nitrogens with zero attached hydrogens (tertiary/aromatic N) is 4. The van der Waals surface area contributed by atoms with Crippen LogP contribution in [0.5, 0.6) is 5.75 Å². The Labute approximate surface area is 322 Å². The number of β-lactam (4-membered cyclic amide) rings is 1. The summed E-state index contributed by atoms with van der Waals surface area (Å²) in [6, 6.07) is 15.1. The standard InChI is InChI=1S/C37H43IN6O6S2/c1-37(2,3)41-36-39-28(21-52-36)29(42-49-6)32(45)40-30-33(46)44-31(35(47)50-19-22-14-16-25(48-5)17-15-22)24(20-51-34(30)44)18-43(4)38-27-13-9-11-23-10-7-8-12-26(23)27/h7-8,10,12,14-17,21,27,30,34H,9,11,13,18-20H2,1-6H3,(H-,39,40,41,45)/p+1/b42-29-/t27?,30-,34-/m1/s1. The number of aromatic nitrogens is 1. The number of halogens is 1. The molecule has 2 amide bonds. The Kier molecular flexibility index (Phi) is 12.0. The number of thiazole rings is 1. The van der Waals surface area contributed by atoms with Crippen LogP contribution in [0.3, 0.4) is 0 Å². The van der Waals surface area contributed by atoms with Gasteiger partial charge in [-0.15, -0.1) is 23.1 Å². The minimum absolute atomic E-state index is 0.0395. The zero-order chi connectivity index (χ0) is 37.0. The fraction of sp³-hybridized carbons (Fsp3) is 0.432. The third-order valence-electron chi connectivity index (χ3n) is 8.67. The molecular formula is C37H44IN6O6S2+. The van der Waals surface area contributed by atoms with Gasteiger partial charge in [-0.25, -0.2) is 12.5 Å². The van der Waals surface area contributed by atoms with E-state index in [9.17, 15) is 14.4 Å². The van der Waals surface area contributed by atoms with Gasteiger partial charge < -0.3 is 24.9 Å². The highest BCUT2D eigenvalue weighted by molar-refractivity contribution is 14.1. The molecule has 3 aromatic rings. The summed E-state index contributed by atoms with van der Waals surface area (Å²) in [5, 5.41) is 11.9. The molecule has 2 aliphatic heterocycles. The first-order chi connectivity index (χ1) is 25.0. The van der Waals surface area contributed by atoms with Crippen LogP contribution in [0.25, 0.3) is 0 Å². The van der Waals surface area contributed by atoms with Gasteiger partial charge in [0.05, 0.1) is 11.0 Å². The predicted octanol–water partition coefficient (Wildman–Crippen LogP) is 5.98. The second kappa shape index (κ2) is 16.5. The zero-order valence-corrected chi connectivity index (χ0v) is 33.9. The largest absolute Gasteiger partial charge is 0.497 e. The molecule has 52 heavy (non-hydrogen) atoms. The summed E-state index contributed by atoms with van der Waals surface area (Å²) in [5.41, 5.74) is 4.82. The molecule has 3 aliphatic rings. The second-order valence-electron chi connectivity index (χ2n) is 13.7. The van der Waals surface area contributed by atoms with Gasteiger partial charge in [0.25, 0.3) is 11.8 Å². The molecule has 3 heterocycles. The zero-order valence-electron chi connectivity index (χ0n) is 30.1. The Bertz CT molecular complexity index is 1920. The van der Waals surface area contributed by atoms with Crippen LogP contribution >= 0.6 is 44.1 Å². The summed E-state index contributed by atoms with van der Waals surface area (Å²) in [6.45, 7) is 6.62. The number of alkyl halides is 1. The minimum Gasteiger partial charge on any atom is -0.497 e. The number of esters is 1. The van der Waals surface area contributed by atoms with Gasteiger partial charge in [-0.1, -0.05) is 41.6 Å². The van der Waals surface area contributed by atoms with Crippen LogP contribution in [0.1, 0.15) is 59.9 Å². The fourth-order valence-electron chi connectivity index (χ4n) is 6.29. The smallest absolute Gasteiger partial charge is 0.355 e. The molecule has 15 heteroatoms. The van der Waals surface area contributed by atoms with Crippen molar-refractivity contribution in [3.05, 3.63) is 87.6 Å². The van der Waals surface area contributed by atoms with Crippen LogP contribution < -0.4 is 15.4 Å². The number of oxime groups is 1. The lowest BCUT2D eigenvalue weighted by Gasteiger charge is -2.49. The van der Waals surface area contributed by atoms with E-state index in [1.165, 1.54) is 52.7 Å². The van der Waals surface area contributed by atoms with E-state index in [-0.39, 0.29) is 29.5 Å². The number of rotatable bonds is 12. The Morgan fingerprint density at radius 2 is 1.90 bits per heavy atom. The summed E-state index contributed by atoms with van der Waals surface area (Å²) in [7, 11) is 5.05. The highest BCUT2D eigenvalue weighted by Gasteiger charge is 2.55. The molecule has 3 atom stereocenters. The molecule has 2 N–H and O–H groups in total. The van der Waals surface area contributed by atoms with E-state index < -0.39 is 44.3 Å². The number of carbonyl (C=O) groups excluding carboxylic acids is 3. The Morgan fingerprint density at radius 1 is 1.13 bits per heavy atom. The molecule has 1 aromatic heterocycles. The molecule has 1 unspecified atom stereocenters. The molecule has 1 aliphatic carbocycles. The quantitative estimate of drug-likeness (QED) is 0.0564. The molecular weight excluding hydrogens is 815 g/mol. The van der Waals surface area contributed by atoms with E-state index in [2.05, 4.69) is 54.8 Å². The van der Waals surface area contributed by atoms with Crippen LogP contribution in [-0.4, -0.2) is 86.6 Å². The van der Waals surface area contributed by atoms with Gasteiger partial charge in [-0.3, -0.25) is 14.5 Å². The van der Waals surface area contributed by atoms with Crippen LogP contribution in [0.2, 0.25) is 0 Å². The van der Waals surface area contributed by atoms with Crippen molar-refractivity contribution in [1.82, 2.24) is 15.2 Å². The van der Waals surface area contributed by atoms with Gasteiger partial charge >= 0.3 is 5.97 Å². The monoisotopic (exact) mass is 859 g/mol. The number of carbonyl (C=O) groups is 3. The maximum Gasteiger partial charge on any atom is 0.355 e. The molecule has 0 spiro atoms. The number of ether oxygens (including phenoxy) is 2. The number of fused-ring (bicyclic) bond motifs is 2. The second-order valence-corrected chi connectivity index (χ2v) is 19.4. The SMILES string of the molecule is CO/N=C(\C(=O)N[C@@H]1C(=O)N2C(C(=O)OCc3ccc(OC)cc3)=C(C[N+](C)=IC3CCCc4ccccc43)CS[C@H]12)c1csc(NC(C)(C)C)n1. The summed E-state index contributed by atoms with van der Waals surface area (Å²) in [5.74, 6) is -0.330. The number of nitrogens with one attached hydrogen (secondary N) is 2. The third-order valence-corrected chi connectivity index (χ3v) is 14.0. The van der Waals surface area contributed by atoms with Crippen molar-refractivity contribution in [2.24, 2.45) is 5.16 Å². The average molecular weight is 860 g/mol. The van der Waals surface area contributed by atoms with E-state index in [1.54, 1.807) is 12.5 Å². The fourth-order valence-corrected chi connectivity index (χ4v) is 11.9. The molecule has 0 bridgehead atoms. The van der Waals surface area contributed by atoms with Crippen molar-refractivity contribution in [3.8, 4) is 5.75 Å². The number of thioether (sulfide) groups is 1. The number of hydrogen-bond acceptors (Lipinski definition) is 11. The molecule has 1 saturated heterocycles. The van der Waals surface area contributed by atoms with Gasteiger partial charge in [-0.2, -0.15) is 0 Å². The van der Waals surface area contributed by atoms with E-state index in [0.29, 0.717) is 32.8 Å². The number of aryl methyl sites for hydroxylation is 1. The summed E-state index contributed by atoms with van der Waals surface area (Å²) in [4.78, 5) is 52.4. The highest BCUT2D eigenvalue weighted by Crippen LogP contribution is 2.43. The molecule has 6 rings (SSSR count). The van der Waals surface area contributed by atoms with E-state index in [4.69, 9.17) is 14.3 Å². The Hall–Kier alpha value is -3.83. The van der Waals surface area contributed by atoms with Crippen molar-refractivity contribution in [1.29, 1.82) is 0 Å². The first-order valence-electron chi connectivity index (χ1n) is 17.0. The lowest BCUT2D eigenvalue weighted by molar-refractivity contribution is -0.434. The highest BCUT2D eigenvalue weighted by atomic mass is 127. The maximum atomic E-state index is 13.9. The first-order valence-corrected chi connectivity index (χ1v) is 21.1. The number of amides is 2. The third kappa shape index (κ3) is 8.68. The van der Waals surface area contributed by atoms with Crippen LogP contribution in [0.15, 0.2) is 70.3 Å². The van der Waals surface area contributed by atoms with Crippen molar-refractivity contribution in [2.45, 2.75) is 67.5 Å². The maximum absolute atomic E-state index is 13.9. The van der Waals surface area contributed by atoms with Crippen molar-refractivity contribution in [2.75, 3.05) is 38.9 Å². The van der Waals surface area contributed by atoms with Gasteiger partial charge in [0, 0.05) is 22.2 Å². The Balaban J connectivity index is 1.22. The van der Waals surface area contributed by atoms with Gasteiger partial charge in [0.2, 0.25) is 21.0 Å². The van der Waals surface area contributed by atoms with Crippen molar-refractivity contribution in [3.63, 3.8) is 0 Å². The number of benzene rings is 2. The van der Waals surface area contributed by atoms with E-state index >= 15 is 0 Å². The molecule has 12 nitrogen and oxygen atoms in total. The predicted molar refractivity (Wildman–Crippen MR) is 211 cm³/mol. The first kappa shape index (κ1) is 37.9. The summed E-state index contributed by atoms with van der Waals surface area (Å²) in [6.07, 6.45) is 3.43. The van der Waals surface area contributed by atoms with Crippen molar-refractivity contribution < 1.29 is 31.4 Å². The number of hydrogen-bond donors (Lipinski definition) is 2. The molecule has 1 fully saturated rings. The number of methoxy groups -OCH3 is 1. The van der Waals surface area contributed by atoms with Gasteiger partial charge in [0.15, 0.2) is 17.4 Å². The molecule has 2 aromatic carbocycles. The average Bonchev–Trinajstić information content (AvgIpc) is 3.58. The topological polar surface area (TPSA) is 134 Å². The summed E-state index contributed by atoms with van der Waals surface area (Å²) < 4.78 is 13.9. The lowest BCUT2D eigenvalue weighted by Crippen LogP contribution is -2.71. The molecule has 0 saturated carbocycles. The number of likely N-dealkylation sites (N-methyl/N-ethyl adjacent to an activating group) is 1. The van der Waals surface area contributed by atoms with E-state index in [0.717, 1.165) is 24.0 Å². The Morgan fingerprint density at radius 3 is 2.63 bits per heavy atom. The van der Waals surface area contributed by atoms with Gasteiger partial charge in [-0.05, 0) is 68.9 Å². The summed E-state index contributed by atoms with van der Waals surface area (Å²) >= 11 is 2.45.